The number of aliphatic carboxylic acids is 1. The quantitative estimate of drug-likeness (QED) is 0.693. The zero-order valence-corrected chi connectivity index (χ0v) is 11.3. The number of hydrogen-bond acceptors (Lipinski definition) is 3. The summed E-state index contributed by atoms with van der Waals surface area (Å²) in [5, 5.41) is 8.59. The lowest BCUT2D eigenvalue weighted by molar-refractivity contribution is -0.139. The monoisotopic (exact) mass is 244 g/mol. The van der Waals surface area contributed by atoms with E-state index >= 15 is 0 Å². The van der Waals surface area contributed by atoms with E-state index in [1.54, 1.807) is 7.05 Å². The van der Waals surface area contributed by atoms with Crippen molar-refractivity contribution in [3.8, 4) is 0 Å². The first kappa shape index (κ1) is 15.9. The summed E-state index contributed by atoms with van der Waals surface area (Å²) < 4.78 is 0. The second-order valence-electron chi connectivity index (χ2n) is 4.05. The molecule has 0 fully saturated rings. The van der Waals surface area contributed by atoms with Gasteiger partial charge in [-0.3, -0.25) is 14.5 Å². The van der Waals surface area contributed by atoms with E-state index in [1.807, 2.05) is 20.8 Å². The Bertz CT molecular complexity index is 252. The molecular weight excluding hydrogens is 220 g/mol. The largest absolute Gasteiger partial charge is 0.481 e. The molecule has 1 unspecified atom stereocenters. The third-order valence-corrected chi connectivity index (χ3v) is 2.96. The van der Waals surface area contributed by atoms with E-state index in [2.05, 4.69) is 4.90 Å². The van der Waals surface area contributed by atoms with Crippen molar-refractivity contribution in [3.05, 3.63) is 0 Å². The van der Waals surface area contributed by atoms with E-state index in [-0.39, 0.29) is 24.9 Å². The van der Waals surface area contributed by atoms with Gasteiger partial charge in [0, 0.05) is 13.6 Å². The Morgan fingerprint density at radius 3 is 2.06 bits per heavy atom. The fourth-order valence-corrected chi connectivity index (χ4v) is 1.88. The van der Waals surface area contributed by atoms with Gasteiger partial charge in [-0.2, -0.15) is 0 Å². The van der Waals surface area contributed by atoms with Crippen LogP contribution in [0.1, 0.15) is 33.6 Å². The van der Waals surface area contributed by atoms with Crippen molar-refractivity contribution in [1.82, 2.24) is 9.80 Å². The maximum atomic E-state index is 12.1. The molecule has 5 nitrogen and oxygen atoms in total. The van der Waals surface area contributed by atoms with Crippen LogP contribution in [0.2, 0.25) is 0 Å². The Kier molecular flexibility index (Phi) is 7.54. The number of carbonyl (C=O) groups excluding carboxylic acids is 1. The molecule has 17 heavy (non-hydrogen) atoms. The van der Waals surface area contributed by atoms with Crippen LogP contribution in [0.25, 0.3) is 0 Å². The summed E-state index contributed by atoms with van der Waals surface area (Å²) in [4.78, 5) is 26.2. The van der Waals surface area contributed by atoms with E-state index in [0.29, 0.717) is 0 Å². The molecule has 0 saturated heterocycles. The smallest absolute Gasteiger partial charge is 0.305 e. The van der Waals surface area contributed by atoms with Gasteiger partial charge in [-0.25, -0.2) is 0 Å². The highest BCUT2D eigenvalue weighted by Gasteiger charge is 2.24. The summed E-state index contributed by atoms with van der Waals surface area (Å²) in [7, 11) is 1.66. The van der Waals surface area contributed by atoms with Gasteiger partial charge in [0.1, 0.15) is 0 Å². The first-order chi connectivity index (χ1) is 7.97. The number of likely N-dealkylation sites (N-methyl/N-ethyl adjacent to an activating group) is 2. The van der Waals surface area contributed by atoms with Gasteiger partial charge in [0.2, 0.25) is 5.91 Å². The molecule has 0 saturated carbocycles. The lowest BCUT2D eigenvalue weighted by atomic mass is 10.1. The molecular formula is C12H24N2O3. The minimum absolute atomic E-state index is 0.00305. The summed E-state index contributed by atoms with van der Waals surface area (Å²) in [6.07, 6.45) is 0.745. The predicted octanol–water partition coefficient (Wildman–Crippen LogP) is 1.04. The topological polar surface area (TPSA) is 60.9 Å². The lowest BCUT2D eigenvalue weighted by Crippen LogP contribution is -2.47. The number of rotatable bonds is 8. The number of carbonyl (C=O) groups is 2. The van der Waals surface area contributed by atoms with Gasteiger partial charge < -0.3 is 10.0 Å². The molecule has 0 spiro atoms. The van der Waals surface area contributed by atoms with Crippen molar-refractivity contribution in [1.29, 1.82) is 0 Å². The molecule has 0 radical (unpaired) electrons. The third kappa shape index (κ3) is 5.17. The first-order valence-corrected chi connectivity index (χ1v) is 6.18. The number of carboxylic acid groups (broad SMARTS) is 1. The van der Waals surface area contributed by atoms with E-state index < -0.39 is 5.97 Å². The van der Waals surface area contributed by atoms with Crippen LogP contribution in [0.5, 0.6) is 0 Å². The molecule has 1 atom stereocenters. The van der Waals surface area contributed by atoms with E-state index in [0.717, 1.165) is 19.5 Å². The van der Waals surface area contributed by atoms with E-state index in [1.165, 1.54) is 4.90 Å². The summed E-state index contributed by atoms with van der Waals surface area (Å²) in [6, 6.07) is -0.135. The summed E-state index contributed by atoms with van der Waals surface area (Å²) in [5.41, 5.74) is 0. The zero-order valence-electron chi connectivity index (χ0n) is 11.3. The number of nitrogens with zero attached hydrogens (tertiary/aromatic N) is 2. The average molecular weight is 244 g/mol. The molecule has 1 N–H and O–H groups in total. The standard InChI is InChI=1S/C12H24N2O3/c1-5-10(14(6-2)7-3)12(17)13(4)9-8-11(15)16/h10H,5-9H2,1-4H3,(H,15,16). The summed E-state index contributed by atoms with van der Waals surface area (Å²) >= 11 is 0. The molecule has 0 aromatic carbocycles. The van der Waals surface area contributed by atoms with Crippen molar-refractivity contribution >= 4 is 11.9 Å². The van der Waals surface area contributed by atoms with Crippen LogP contribution in [0.3, 0.4) is 0 Å². The molecule has 0 aliphatic heterocycles. The highest BCUT2D eigenvalue weighted by atomic mass is 16.4. The number of amides is 1. The van der Waals surface area contributed by atoms with Crippen LogP contribution >= 0.6 is 0 Å². The number of carboxylic acids is 1. The normalized spacial score (nSPS) is 12.5. The van der Waals surface area contributed by atoms with Gasteiger partial charge in [-0.15, -0.1) is 0 Å². The first-order valence-electron chi connectivity index (χ1n) is 6.18. The molecule has 0 heterocycles. The fraction of sp³-hybridized carbons (Fsp3) is 0.833. The predicted molar refractivity (Wildman–Crippen MR) is 66.9 cm³/mol. The zero-order chi connectivity index (χ0) is 13.4. The molecule has 0 aromatic rings. The van der Waals surface area contributed by atoms with Crippen molar-refractivity contribution < 1.29 is 14.7 Å². The highest BCUT2D eigenvalue weighted by molar-refractivity contribution is 5.82. The SMILES string of the molecule is CCC(C(=O)N(C)CCC(=O)O)N(CC)CC. The molecule has 0 bridgehead atoms. The molecule has 0 rings (SSSR count). The Morgan fingerprint density at radius 2 is 1.71 bits per heavy atom. The molecule has 5 heteroatoms. The van der Waals surface area contributed by atoms with Crippen molar-refractivity contribution in [2.45, 2.75) is 39.7 Å². The molecule has 0 aromatic heterocycles. The second-order valence-corrected chi connectivity index (χ2v) is 4.05. The maximum Gasteiger partial charge on any atom is 0.305 e. The van der Waals surface area contributed by atoms with Crippen molar-refractivity contribution in [2.24, 2.45) is 0 Å². The van der Waals surface area contributed by atoms with E-state index in [4.69, 9.17) is 5.11 Å². The van der Waals surface area contributed by atoms with Gasteiger partial charge in [-0.1, -0.05) is 20.8 Å². The summed E-state index contributed by atoms with van der Waals surface area (Å²) in [5.74, 6) is -0.863. The molecule has 0 aliphatic rings. The Balaban J connectivity index is 4.46. The van der Waals surface area contributed by atoms with Crippen LogP contribution in [-0.4, -0.2) is 59.5 Å². The van der Waals surface area contributed by atoms with Gasteiger partial charge in [0.25, 0.3) is 0 Å². The highest BCUT2D eigenvalue weighted by Crippen LogP contribution is 2.07. The van der Waals surface area contributed by atoms with Crippen LogP contribution < -0.4 is 0 Å². The Hall–Kier alpha value is -1.10. The second kappa shape index (κ2) is 8.06. The van der Waals surface area contributed by atoms with Crippen LogP contribution in [0, 0.1) is 0 Å². The summed E-state index contributed by atoms with van der Waals surface area (Å²) in [6.45, 7) is 7.95. The minimum Gasteiger partial charge on any atom is -0.481 e. The fourth-order valence-electron chi connectivity index (χ4n) is 1.88. The minimum atomic E-state index is -0.875. The van der Waals surface area contributed by atoms with E-state index in [9.17, 15) is 9.59 Å². The van der Waals surface area contributed by atoms with Crippen molar-refractivity contribution in [3.63, 3.8) is 0 Å². The van der Waals surface area contributed by atoms with Crippen LogP contribution in [0.15, 0.2) is 0 Å². The number of hydrogen-bond donors (Lipinski definition) is 1. The Morgan fingerprint density at radius 1 is 1.18 bits per heavy atom. The van der Waals surface area contributed by atoms with Crippen molar-refractivity contribution in [2.75, 3.05) is 26.7 Å². The third-order valence-electron chi connectivity index (χ3n) is 2.96. The van der Waals surface area contributed by atoms with Gasteiger partial charge in [-0.05, 0) is 19.5 Å². The maximum absolute atomic E-state index is 12.1. The molecule has 0 aliphatic carbocycles. The van der Waals surface area contributed by atoms with Gasteiger partial charge >= 0.3 is 5.97 Å². The van der Waals surface area contributed by atoms with Crippen LogP contribution in [0.4, 0.5) is 0 Å². The molecule has 100 valence electrons. The lowest BCUT2D eigenvalue weighted by Gasteiger charge is -2.31. The van der Waals surface area contributed by atoms with Gasteiger partial charge in [0.05, 0.1) is 12.5 Å². The molecule has 1 amide bonds. The Labute approximate surface area is 103 Å². The van der Waals surface area contributed by atoms with Crippen LogP contribution in [-0.2, 0) is 9.59 Å². The average Bonchev–Trinajstić information content (AvgIpc) is 2.31. The van der Waals surface area contributed by atoms with Gasteiger partial charge in [0.15, 0.2) is 0 Å².